The smallest absolute Gasteiger partial charge is 0.115 e. The van der Waals surface area contributed by atoms with Crippen molar-refractivity contribution in [1.82, 2.24) is 15.2 Å². The van der Waals surface area contributed by atoms with Gasteiger partial charge in [0.2, 0.25) is 0 Å². The maximum Gasteiger partial charge on any atom is 0.115 e. The number of hydrogen-bond donors (Lipinski definition) is 2. The van der Waals surface area contributed by atoms with Crippen molar-refractivity contribution in [3.8, 4) is 17.0 Å². The van der Waals surface area contributed by atoms with Crippen molar-refractivity contribution >= 4 is 5.71 Å². The summed E-state index contributed by atoms with van der Waals surface area (Å²) in [5, 5.41) is 13.3. The van der Waals surface area contributed by atoms with E-state index in [9.17, 15) is 5.11 Å². The molecule has 0 unspecified atom stereocenters. The van der Waals surface area contributed by atoms with Crippen molar-refractivity contribution < 1.29 is 5.11 Å². The van der Waals surface area contributed by atoms with E-state index in [1.165, 1.54) is 16.7 Å². The van der Waals surface area contributed by atoms with Gasteiger partial charge in [0.05, 0.1) is 17.9 Å². The molecule has 5 heteroatoms. The minimum atomic E-state index is 0.268. The molecule has 158 valence electrons. The van der Waals surface area contributed by atoms with Crippen LogP contribution in [0.25, 0.3) is 11.3 Å². The Morgan fingerprint density at radius 1 is 1.10 bits per heavy atom. The molecule has 0 bridgehead atoms. The van der Waals surface area contributed by atoms with Gasteiger partial charge in [0.15, 0.2) is 0 Å². The number of aromatic nitrogens is 1. The van der Waals surface area contributed by atoms with E-state index in [1.807, 2.05) is 12.1 Å². The zero-order chi connectivity index (χ0) is 21.4. The highest BCUT2D eigenvalue weighted by atomic mass is 16.3. The number of nitrogens with zero attached hydrogens (tertiary/aromatic N) is 3. The molecule has 2 aliphatic rings. The van der Waals surface area contributed by atoms with Crippen LogP contribution in [-0.2, 0) is 13.1 Å². The predicted molar refractivity (Wildman–Crippen MR) is 124 cm³/mol. The number of piperazine rings is 1. The van der Waals surface area contributed by atoms with Gasteiger partial charge in [-0.25, -0.2) is 0 Å². The Kier molecular flexibility index (Phi) is 5.30. The van der Waals surface area contributed by atoms with E-state index in [0.29, 0.717) is 18.6 Å². The van der Waals surface area contributed by atoms with Crippen LogP contribution in [0.1, 0.15) is 42.3 Å². The Morgan fingerprint density at radius 3 is 2.65 bits per heavy atom. The number of benzene rings is 2. The molecule has 5 rings (SSSR count). The van der Waals surface area contributed by atoms with Gasteiger partial charge >= 0.3 is 0 Å². The van der Waals surface area contributed by atoms with E-state index in [2.05, 4.69) is 65.5 Å². The number of aliphatic imine (C=N–C) groups is 1. The summed E-state index contributed by atoms with van der Waals surface area (Å²) in [4.78, 5) is 12.2. The Balaban J connectivity index is 1.53. The van der Waals surface area contributed by atoms with E-state index < -0.39 is 0 Å². The van der Waals surface area contributed by atoms with Gasteiger partial charge in [0, 0.05) is 48.6 Å². The lowest BCUT2D eigenvalue weighted by Crippen LogP contribution is -2.50. The van der Waals surface area contributed by atoms with Crippen LogP contribution in [-0.4, -0.2) is 39.8 Å². The molecule has 0 saturated carbocycles. The third kappa shape index (κ3) is 3.99. The zero-order valence-corrected chi connectivity index (χ0v) is 18.0. The van der Waals surface area contributed by atoms with Gasteiger partial charge in [-0.1, -0.05) is 30.3 Å². The van der Waals surface area contributed by atoms with Crippen LogP contribution >= 0.6 is 0 Å². The molecule has 2 aliphatic heterocycles. The largest absolute Gasteiger partial charge is 0.508 e. The lowest BCUT2D eigenvalue weighted by molar-refractivity contribution is 0.127. The van der Waals surface area contributed by atoms with Gasteiger partial charge in [-0.2, -0.15) is 0 Å². The monoisotopic (exact) mass is 412 g/mol. The fourth-order valence-corrected chi connectivity index (χ4v) is 4.77. The van der Waals surface area contributed by atoms with E-state index in [4.69, 9.17) is 4.98 Å². The highest BCUT2D eigenvalue weighted by Crippen LogP contribution is 2.32. The van der Waals surface area contributed by atoms with Crippen molar-refractivity contribution in [3.63, 3.8) is 0 Å². The number of rotatable bonds is 4. The van der Waals surface area contributed by atoms with Gasteiger partial charge in [-0.3, -0.25) is 14.9 Å². The lowest BCUT2D eigenvalue weighted by atomic mass is 9.97. The summed E-state index contributed by atoms with van der Waals surface area (Å²) in [5.41, 5.74) is 7.92. The van der Waals surface area contributed by atoms with Gasteiger partial charge in [0.25, 0.3) is 0 Å². The molecule has 5 nitrogen and oxygen atoms in total. The summed E-state index contributed by atoms with van der Waals surface area (Å²) in [6, 6.07) is 21.0. The molecule has 1 fully saturated rings. The summed E-state index contributed by atoms with van der Waals surface area (Å²) >= 11 is 0. The zero-order valence-electron chi connectivity index (χ0n) is 18.0. The van der Waals surface area contributed by atoms with Crippen LogP contribution in [0.2, 0.25) is 0 Å². The first-order valence-corrected chi connectivity index (χ1v) is 10.9. The first kappa shape index (κ1) is 19.9. The summed E-state index contributed by atoms with van der Waals surface area (Å²) in [6.07, 6.45) is 0. The quantitative estimate of drug-likeness (QED) is 0.670. The molecular weight excluding hydrogens is 384 g/mol. The summed E-state index contributed by atoms with van der Waals surface area (Å²) in [7, 11) is 0. The van der Waals surface area contributed by atoms with Gasteiger partial charge in [-0.05, 0) is 55.3 Å². The van der Waals surface area contributed by atoms with Gasteiger partial charge < -0.3 is 10.4 Å². The Hall–Kier alpha value is -3.02. The first-order chi connectivity index (χ1) is 15.1. The fraction of sp³-hybridized carbons (Fsp3) is 0.308. The van der Waals surface area contributed by atoms with Crippen LogP contribution < -0.4 is 5.32 Å². The van der Waals surface area contributed by atoms with Crippen molar-refractivity contribution in [2.45, 2.75) is 39.0 Å². The SMILES string of the molecule is CC1=NCc2nc(-c3ccc(O)cc3)cc(CN3C[C@@H](C)NC[C@@H]3c3ccccc3)c21. The van der Waals surface area contributed by atoms with Crippen molar-refractivity contribution in [2.24, 2.45) is 4.99 Å². The van der Waals surface area contributed by atoms with Crippen LogP contribution in [0.15, 0.2) is 65.7 Å². The predicted octanol–water partition coefficient (Wildman–Crippen LogP) is 4.31. The number of phenols is 1. The van der Waals surface area contributed by atoms with Crippen LogP contribution in [0.4, 0.5) is 0 Å². The number of hydrogen-bond acceptors (Lipinski definition) is 5. The molecule has 0 amide bonds. The normalized spacial score (nSPS) is 21.0. The molecule has 0 spiro atoms. The Bertz CT molecular complexity index is 1110. The third-order valence-corrected chi connectivity index (χ3v) is 6.33. The molecule has 0 radical (unpaired) electrons. The minimum Gasteiger partial charge on any atom is -0.508 e. The van der Waals surface area contributed by atoms with E-state index in [-0.39, 0.29) is 5.75 Å². The molecule has 2 atom stereocenters. The maximum absolute atomic E-state index is 9.68. The van der Waals surface area contributed by atoms with Gasteiger partial charge in [0.1, 0.15) is 5.75 Å². The first-order valence-electron chi connectivity index (χ1n) is 10.9. The van der Waals surface area contributed by atoms with E-state index in [0.717, 1.165) is 42.3 Å². The molecule has 0 aliphatic carbocycles. The second-order valence-corrected chi connectivity index (χ2v) is 8.60. The second-order valence-electron chi connectivity index (χ2n) is 8.60. The molecular formula is C26H28N4O. The second kappa shape index (κ2) is 8.25. The number of fused-ring (bicyclic) bond motifs is 1. The molecule has 3 aromatic rings. The van der Waals surface area contributed by atoms with E-state index >= 15 is 0 Å². The standard InChI is InChI=1S/C26H28N4O/c1-17-15-30(25(14-27-17)20-6-4-3-5-7-20)16-21-12-23(19-8-10-22(31)11-9-19)29-24-13-28-18(2)26(21)24/h3-12,17,25,27,31H,13-16H2,1-2H3/t17-,25-/m1/s1. The topological polar surface area (TPSA) is 60.8 Å². The third-order valence-electron chi connectivity index (χ3n) is 6.33. The molecule has 31 heavy (non-hydrogen) atoms. The van der Waals surface area contributed by atoms with Gasteiger partial charge in [-0.15, -0.1) is 0 Å². The van der Waals surface area contributed by atoms with Crippen LogP contribution in [0.3, 0.4) is 0 Å². The van der Waals surface area contributed by atoms with Crippen molar-refractivity contribution in [2.75, 3.05) is 13.1 Å². The van der Waals surface area contributed by atoms with Crippen molar-refractivity contribution in [3.05, 3.63) is 83.0 Å². The summed E-state index contributed by atoms with van der Waals surface area (Å²) in [6.45, 7) is 7.76. The lowest BCUT2D eigenvalue weighted by Gasteiger charge is -2.40. The molecule has 2 aromatic carbocycles. The maximum atomic E-state index is 9.68. The highest BCUT2D eigenvalue weighted by Gasteiger charge is 2.29. The number of aromatic hydroxyl groups is 1. The van der Waals surface area contributed by atoms with Crippen molar-refractivity contribution in [1.29, 1.82) is 0 Å². The molecule has 1 saturated heterocycles. The average Bonchev–Trinajstić information content (AvgIpc) is 3.16. The van der Waals surface area contributed by atoms with E-state index in [1.54, 1.807) is 12.1 Å². The Morgan fingerprint density at radius 2 is 1.87 bits per heavy atom. The van der Waals surface area contributed by atoms with Crippen LogP contribution in [0, 0.1) is 0 Å². The van der Waals surface area contributed by atoms with Crippen LogP contribution in [0.5, 0.6) is 5.75 Å². The summed E-state index contributed by atoms with van der Waals surface area (Å²) in [5.74, 6) is 0.268. The number of phenolic OH excluding ortho intramolecular Hbond substituents is 1. The summed E-state index contributed by atoms with van der Waals surface area (Å²) < 4.78 is 0. The average molecular weight is 413 g/mol. The molecule has 3 heterocycles. The Labute approximate surface area is 183 Å². The number of nitrogens with one attached hydrogen (secondary N) is 1. The highest BCUT2D eigenvalue weighted by molar-refractivity contribution is 6.03. The fourth-order valence-electron chi connectivity index (χ4n) is 4.77. The molecule has 1 aromatic heterocycles. The molecule has 2 N–H and O–H groups in total. The number of pyridine rings is 1. The minimum absolute atomic E-state index is 0.268.